The average molecular weight is 330 g/mol. The Balaban J connectivity index is 1.63. The van der Waals surface area contributed by atoms with E-state index in [0.717, 1.165) is 29.3 Å². The number of nitrogens with two attached hydrogens (primary N) is 1. The molecule has 2 amide bonds. The summed E-state index contributed by atoms with van der Waals surface area (Å²) in [6.45, 7) is 0.689. The van der Waals surface area contributed by atoms with Gasteiger partial charge < -0.3 is 10.5 Å². The number of urea groups is 1. The molecule has 0 saturated carbocycles. The maximum Gasteiger partial charge on any atom is 0.329 e. The molecule has 0 aliphatic carbocycles. The van der Waals surface area contributed by atoms with E-state index in [2.05, 4.69) is 37.1 Å². The second-order valence-electron chi connectivity index (χ2n) is 5.29. The molecule has 122 valence electrons. The van der Waals surface area contributed by atoms with Gasteiger partial charge in [-0.1, -0.05) is 43.1 Å². The van der Waals surface area contributed by atoms with Crippen LogP contribution < -0.4 is 14.8 Å². The summed E-state index contributed by atoms with van der Waals surface area (Å²) in [6, 6.07) is 17.0. The van der Waals surface area contributed by atoms with E-state index >= 15 is 0 Å². The third-order valence-electron chi connectivity index (χ3n) is 3.51. The van der Waals surface area contributed by atoms with E-state index in [1.54, 1.807) is 12.1 Å². The van der Waals surface area contributed by atoms with Gasteiger partial charge in [-0.3, -0.25) is 0 Å². The number of nitrogens with zero attached hydrogens (tertiary/aromatic N) is 1. The number of carbonyl (C=O) groups is 1. The van der Waals surface area contributed by atoms with Crippen LogP contribution in [0.4, 0.5) is 10.5 Å². The summed E-state index contributed by atoms with van der Waals surface area (Å²) in [5.74, 6) is 0.781. The predicted molar refractivity (Wildman–Crippen MR) is 97.0 cm³/mol. The number of unbranched alkanes of at least 4 members (excludes halogenated alkanes) is 2. The van der Waals surface area contributed by atoms with E-state index in [1.807, 2.05) is 18.2 Å². The number of anilines is 1. The van der Waals surface area contributed by atoms with Crippen molar-refractivity contribution < 1.29 is 9.53 Å². The average Bonchev–Trinajstić information content (AvgIpc) is 2.58. The van der Waals surface area contributed by atoms with Crippen LogP contribution in [0.2, 0.25) is 0 Å². The Bertz CT molecular complexity index is 602. The second-order valence-corrected chi connectivity index (χ2v) is 5.69. The van der Waals surface area contributed by atoms with Gasteiger partial charge in [0.1, 0.15) is 5.75 Å². The molecule has 5 heteroatoms. The molecule has 0 saturated heterocycles. The molecule has 2 rings (SSSR count). The largest absolute Gasteiger partial charge is 0.494 e. The van der Waals surface area contributed by atoms with E-state index in [9.17, 15) is 4.79 Å². The number of benzene rings is 2. The molecule has 0 spiro atoms. The number of amides is 2. The first-order valence-electron chi connectivity index (χ1n) is 7.72. The van der Waals surface area contributed by atoms with Crippen LogP contribution in [0.1, 0.15) is 24.8 Å². The Morgan fingerprint density at radius 3 is 2.35 bits per heavy atom. The van der Waals surface area contributed by atoms with Crippen LogP contribution in [-0.4, -0.2) is 12.6 Å². The lowest BCUT2D eigenvalue weighted by atomic mass is 10.1. The quantitative estimate of drug-likeness (QED) is 0.563. The van der Waals surface area contributed by atoms with Gasteiger partial charge >= 0.3 is 6.03 Å². The van der Waals surface area contributed by atoms with E-state index in [-0.39, 0.29) is 0 Å². The number of thiol groups is 1. The molecule has 0 aliphatic heterocycles. The lowest BCUT2D eigenvalue weighted by Gasteiger charge is -2.13. The van der Waals surface area contributed by atoms with Crippen molar-refractivity contribution >= 4 is 24.5 Å². The second kappa shape index (κ2) is 9.10. The normalized spacial score (nSPS) is 10.3. The number of hydrogen-bond acceptors (Lipinski definition) is 3. The molecule has 0 radical (unpaired) electrons. The summed E-state index contributed by atoms with van der Waals surface area (Å²) in [4.78, 5) is 11.0. The van der Waals surface area contributed by atoms with E-state index in [4.69, 9.17) is 10.5 Å². The van der Waals surface area contributed by atoms with Crippen LogP contribution in [0.15, 0.2) is 54.6 Å². The molecule has 0 aromatic heterocycles. The fourth-order valence-electron chi connectivity index (χ4n) is 2.25. The fourth-order valence-corrected chi connectivity index (χ4v) is 2.39. The lowest BCUT2D eigenvalue weighted by Crippen LogP contribution is -2.27. The highest BCUT2D eigenvalue weighted by Gasteiger charge is 2.07. The van der Waals surface area contributed by atoms with Gasteiger partial charge in [-0.2, -0.15) is 0 Å². The Morgan fingerprint density at radius 2 is 1.70 bits per heavy atom. The van der Waals surface area contributed by atoms with E-state index in [1.165, 1.54) is 12.0 Å². The molecular formula is C18H22N2O2S. The molecule has 0 aliphatic rings. The minimum atomic E-state index is -0.611. The molecule has 2 N–H and O–H groups in total. The highest BCUT2D eigenvalue weighted by atomic mass is 32.1. The van der Waals surface area contributed by atoms with Crippen LogP contribution in [0.5, 0.6) is 5.75 Å². The number of ether oxygens (including phenoxy) is 1. The van der Waals surface area contributed by atoms with Gasteiger partial charge in [0.05, 0.1) is 12.3 Å². The molecule has 23 heavy (non-hydrogen) atoms. The minimum Gasteiger partial charge on any atom is -0.494 e. The molecular weight excluding hydrogens is 308 g/mol. The Morgan fingerprint density at radius 1 is 1.00 bits per heavy atom. The monoisotopic (exact) mass is 330 g/mol. The maximum atomic E-state index is 11.0. The van der Waals surface area contributed by atoms with Gasteiger partial charge in [0.15, 0.2) is 0 Å². The summed E-state index contributed by atoms with van der Waals surface area (Å²) in [5, 5.41) is 0. The Kier molecular flexibility index (Phi) is 6.81. The smallest absolute Gasteiger partial charge is 0.329 e. The third-order valence-corrected chi connectivity index (χ3v) is 3.94. The molecule has 0 bridgehead atoms. The van der Waals surface area contributed by atoms with Crippen molar-refractivity contribution in [2.45, 2.75) is 25.7 Å². The van der Waals surface area contributed by atoms with Crippen molar-refractivity contribution in [3.8, 4) is 5.75 Å². The molecule has 0 fully saturated rings. The molecule has 4 nitrogen and oxygen atoms in total. The predicted octanol–water partition coefficient (Wildman–Crippen LogP) is 4.21. The molecule has 0 heterocycles. The Labute approximate surface area is 142 Å². The number of primary amides is 1. The molecule has 2 aromatic rings. The van der Waals surface area contributed by atoms with Gasteiger partial charge in [0.25, 0.3) is 0 Å². The summed E-state index contributed by atoms with van der Waals surface area (Å²) >= 11 is 4.01. The van der Waals surface area contributed by atoms with E-state index < -0.39 is 6.03 Å². The minimum absolute atomic E-state index is 0.611. The van der Waals surface area contributed by atoms with Crippen molar-refractivity contribution in [3.05, 3.63) is 60.2 Å². The highest BCUT2D eigenvalue weighted by Crippen LogP contribution is 2.20. The van der Waals surface area contributed by atoms with Crippen molar-refractivity contribution in [2.75, 3.05) is 10.9 Å². The van der Waals surface area contributed by atoms with Crippen LogP contribution in [0.25, 0.3) is 0 Å². The number of hydrogen-bond donors (Lipinski definition) is 2. The first-order valence-corrected chi connectivity index (χ1v) is 8.12. The zero-order valence-electron chi connectivity index (χ0n) is 13.0. The zero-order valence-corrected chi connectivity index (χ0v) is 13.9. The Hall–Kier alpha value is -2.14. The molecule has 0 unspecified atom stereocenters. The first kappa shape index (κ1) is 17.2. The SMILES string of the molecule is NC(=O)N(S)c1ccc(OCCCCCc2ccccc2)cc1. The van der Waals surface area contributed by atoms with Crippen molar-refractivity contribution in [3.63, 3.8) is 0 Å². The fraction of sp³-hybridized carbons (Fsp3) is 0.278. The van der Waals surface area contributed by atoms with Gasteiger partial charge in [0.2, 0.25) is 0 Å². The molecule has 0 atom stereocenters. The number of carbonyl (C=O) groups excluding carboxylic acids is 1. The lowest BCUT2D eigenvalue weighted by molar-refractivity contribution is 0.257. The van der Waals surface area contributed by atoms with Crippen LogP contribution in [0, 0.1) is 0 Å². The zero-order chi connectivity index (χ0) is 16.5. The third kappa shape index (κ3) is 5.87. The topological polar surface area (TPSA) is 55.6 Å². The van der Waals surface area contributed by atoms with Crippen LogP contribution >= 0.6 is 12.8 Å². The summed E-state index contributed by atoms with van der Waals surface area (Å²) in [7, 11) is 0. The number of rotatable bonds is 8. The van der Waals surface area contributed by atoms with Crippen molar-refractivity contribution in [1.29, 1.82) is 0 Å². The van der Waals surface area contributed by atoms with Crippen molar-refractivity contribution in [2.24, 2.45) is 5.73 Å². The summed E-state index contributed by atoms with van der Waals surface area (Å²) < 4.78 is 6.78. The highest BCUT2D eigenvalue weighted by molar-refractivity contribution is 7.82. The first-order chi connectivity index (χ1) is 11.2. The van der Waals surface area contributed by atoms with E-state index in [0.29, 0.717) is 12.3 Å². The van der Waals surface area contributed by atoms with Crippen LogP contribution in [-0.2, 0) is 6.42 Å². The standard InChI is InChI=1S/C18H22N2O2S/c19-18(21)20(23)16-10-12-17(13-11-16)22-14-6-2-5-9-15-7-3-1-4-8-15/h1,3-4,7-8,10-13,23H,2,5-6,9,14H2,(H2,19,21). The van der Waals surface area contributed by atoms with Crippen LogP contribution in [0.3, 0.4) is 0 Å². The van der Waals surface area contributed by atoms with Gasteiger partial charge in [0, 0.05) is 0 Å². The van der Waals surface area contributed by atoms with Crippen molar-refractivity contribution in [1.82, 2.24) is 0 Å². The van der Waals surface area contributed by atoms with Gasteiger partial charge in [-0.15, -0.1) is 0 Å². The maximum absolute atomic E-state index is 11.0. The van der Waals surface area contributed by atoms with Gasteiger partial charge in [-0.25, -0.2) is 9.10 Å². The summed E-state index contributed by atoms with van der Waals surface area (Å²) in [5.41, 5.74) is 7.16. The summed E-state index contributed by atoms with van der Waals surface area (Å²) in [6.07, 6.45) is 4.44. The molecule has 2 aromatic carbocycles. The number of aryl methyl sites for hydroxylation is 1. The van der Waals surface area contributed by atoms with Gasteiger partial charge in [-0.05, 0) is 55.5 Å².